The van der Waals surface area contributed by atoms with E-state index in [0.29, 0.717) is 22.7 Å². The lowest BCUT2D eigenvalue weighted by molar-refractivity contribution is 0.410. The fourth-order valence-corrected chi connectivity index (χ4v) is 6.77. The summed E-state index contributed by atoms with van der Waals surface area (Å²) in [4.78, 5) is 0. The van der Waals surface area contributed by atoms with Gasteiger partial charge in [-0.05, 0) is 74.2 Å². The maximum absolute atomic E-state index is 6.89. The van der Waals surface area contributed by atoms with Crippen LogP contribution in [0, 0.1) is 13.8 Å². The molecule has 0 bridgehead atoms. The van der Waals surface area contributed by atoms with E-state index in [0.717, 1.165) is 21.9 Å². The second kappa shape index (κ2) is 11.0. The van der Waals surface area contributed by atoms with Gasteiger partial charge in [-0.3, -0.25) is 0 Å². The van der Waals surface area contributed by atoms with Crippen molar-refractivity contribution in [3.8, 4) is 11.5 Å². The molecule has 0 aliphatic carbocycles. The molecule has 6 heteroatoms. The minimum Gasteiger partial charge on any atom is -0.493 e. The molecule has 0 spiro atoms. The standard InChI is InChI=1S/C32H34NO4P/c1-21-17-27-28-18-22(2)20-30(35-6)32(28)37-38(36-31(27)29(19-21)34-5)33(23(3)25-13-9-7-10-14-25)24(4)26-15-11-8-12-16-26/h7-20,23-24H,1-6H3/t23-,24-/m1/s1. The summed E-state index contributed by atoms with van der Waals surface area (Å²) < 4.78 is 27.8. The Bertz CT molecular complexity index is 1480. The molecule has 0 radical (unpaired) electrons. The van der Waals surface area contributed by atoms with E-state index in [-0.39, 0.29) is 12.1 Å². The smallest absolute Gasteiger partial charge is 0.311 e. The van der Waals surface area contributed by atoms with Gasteiger partial charge in [0.25, 0.3) is 0 Å². The van der Waals surface area contributed by atoms with E-state index < -0.39 is 8.16 Å². The van der Waals surface area contributed by atoms with Gasteiger partial charge < -0.3 is 17.9 Å². The summed E-state index contributed by atoms with van der Waals surface area (Å²) in [5.41, 5.74) is 5.88. The van der Waals surface area contributed by atoms with Crippen LogP contribution in [0.3, 0.4) is 0 Å². The van der Waals surface area contributed by atoms with Gasteiger partial charge in [-0.1, -0.05) is 60.7 Å². The first kappa shape index (κ1) is 26.0. The molecule has 2 atom stereocenters. The van der Waals surface area contributed by atoms with Crippen LogP contribution in [0.15, 0.2) is 93.3 Å². The molecule has 0 fully saturated rings. The number of hydrogen-bond acceptors (Lipinski definition) is 5. The molecular formula is C32H34NO4P. The van der Waals surface area contributed by atoms with Gasteiger partial charge in [0, 0.05) is 22.9 Å². The van der Waals surface area contributed by atoms with Gasteiger partial charge in [0.05, 0.1) is 14.2 Å². The number of hydrogen-bond donors (Lipinski definition) is 0. The van der Waals surface area contributed by atoms with E-state index in [1.807, 2.05) is 24.3 Å². The highest BCUT2D eigenvalue weighted by molar-refractivity contribution is 7.39. The van der Waals surface area contributed by atoms with E-state index in [1.165, 1.54) is 11.1 Å². The summed E-state index contributed by atoms with van der Waals surface area (Å²) in [6, 6.07) is 29.2. The maximum atomic E-state index is 6.89. The molecule has 0 N–H and O–H groups in total. The zero-order chi connectivity index (χ0) is 26.8. The Kier molecular flexibility index (Phi) is 7.51. The van der Waals surface area contributed by atoms with Crippen LogP contribution in [-0.4, -0.2) is 14.2 Å². The quantitative estimate of drug-likeness (QED) is 0.211. The first-order valence-electron chi connectivity index (χ1n) is 12.8. The van der Waals surface area contributed by atoms with Crippen molar-refractivity contribution in [1.82, 2.24) is 0 Å². The fourth-order valence-electron chi connectivity index (χ4n) is 5.03. The molecule has 1 aromatic heterocycles. The molecule has 0 saturated heterocycles. The van der Waals surface area contributed by atoms with Crippen LogP contribution in [0.5, 0.6) is 11.5 Å². The molecule has 4 aromatic carbocycles. The van der Waals surface area contributed by atoms with Gasteiger partial charge in [0.1, 0.15) is 0 Å². The van der Waals surface area contributed by atoms with Crippen molar-refractivity contribution in [3.05, 3.63) is 107 Å². The highest BCUT2D eigenvalue weighted by Gasteiger charge is 2.29. The van der Waals surface area contributed by atoms with E-state index in [1.54, 1.807) is 14.2 Å². The molecule has 1 heterocycles. The highest BCUT2D eigenvalue weighted by atomic mass is 31.1. The Morgan fingerprint density at radius 1 is 0.632 bits per heavy atom. The van der Waals surface area contributed by atoms with Gasteiger partial charge in [-0.2, -0.15) is 4.67 Å². The molecule has 0 aliphatic rings. The molecule has 0 aliphatic heterocycles. The zero-order valence-electron chi connectivity index (χ0n) is 22.8. The number of nitrogens with zero attached hydrogens (tertiary/aromatic N) is 1. The van der Waals surface area contributed by atoms with Crippen molar-refractivity contribution in [2.75, 3.05) is 18.9 Å². The van der Waals surface area contributed by atoms with E-state index in [9.17, 15) is 0 Å². The van der Waals surface area contributed by atoms with Crippen LogP contribution in [0.25, 0.3) is 21.9 Å². The largest absolute Gasteiger partial charge is 0.493 e. The van der Waals surface area contributed by atoms with Crippen molar-refractivity contribution in [2.24, 2.45) is 0 Å². The molecule has 0 unspecified atom stereocenters. The molecule has 5 nitrogen and oxygen atoms in total. The monoisotopic (exact) mass is 527 g/mol. The number of benzene rings is 4. The maximum Gasteiger partial charge on any atom is 0.311 e. The Morgan fingerprint density at radius 2 is 1.03 bits per heavy atom. The van der Waals surface area contributed by atoms with E-state index >= 15 is 0 Å². The minimum absolute atomic E-state index is 0.00426. The third-order valence-corrected chi connectivity index (χ3v) is 8.76. The third kappa shape index (κ3) is 4.92. The van der Waals surface area contributed by atoms with Crippen molar-refractivity contribution >= 4 is 30.1 Å². The van der Waals surface area contributed by atoms with Crippen LogP contribution in [0.4, 0.5) is 0 Å². The lowest BCUT2D eigenvalue weighted by Crippen LogP contribution is -2.27. The predicted molar refractivity (Wildman–Crippen MR) is 157 cm³/mol. The number of rotatable bonds is 7. The van der Waals surface area contributed by atoms with Crippen molar-refractivity contribution in [3.63, 3.8) is 0 Å². The minimum atomic E-state index is -1.65. The average Bonchev–Trinajstić information content (AvgIpc) is 3.10. The Morgan fingerprint density at radius 3 is 1.39 bits per heavy atom. The van der Waals surface area contributed by atoms with Gasteiger partial charge in [0.15, 0.2) is 22.7 Å². The molecule has 5 aromatic rings. The first-order chi connectivity index (χ1) is 18.4. The van der Waals surface area contributed by atoms with Gasteiger partial charge >= 0.3 is 8.16 Å². The second-order valence-corrected chi connectivity index (χ2v) is 11.0. The highest BCUT2D eigenvalue weighted by Crippen LogP contribution is 2.48. The Hall–Kier alpha value is -3.66. The van der Waals surface area contributed by atoms with Crippen LogP contribution < -0.4 is 14.1 Å². The summed E-state index contributed by atoms with van der Waals surface area (Å²) in [6.07, 6.45) is 0. The Labute approximate surface area is 225 Å². The summed E-state index contributed by atoms with van der Waals surface area (Å²) in [6.45, 7) is 8.53. The molecule has 196 valence electrons. The SMILES string of the molecule is COc1cc(C)cc2c1op(N([C@H](C)c1ccccc1)[C@H](C)c1ccccc1)oc1c(OC)cc(C)cc12. The summed E-state index contributed by atoms with van der Waals surface area (Å²) >= 11 is 0. The molecule has 5 rings (SSSR count). The van der Waals surface area contributed by atoms with Crippen LogP contribution in [0.2, 0.25) is 0 Å². The lowest BCUT2D eigenvalue weighted by atomic mass is 10.0. The summed E-state index contributed by atoms with van der Waals surface area (Å²) in [5, 5.41) is 1.87. The van der Waals surface area contributed by atoms with E-state index in [4.69, 9.17) is 17.9 Å². The van der Waals surface area contributed by atoms with Gasteiger partial charge in [-0.15, -0.1) is 0 Å². The Balaban J connectivity index is 1.89. The lowest BCUT2D eigenvalue weighted by Gasteiger charge is -2.31. The molecular weight excluding hydrogens is 493 g/mol. The summed E-state index contributed by atoms with van der Waals surface area (Å²) in [5.74, 6) is 1.37. The average molecular weight is 528 g/mol. The number of ether oxygens (including phenoxy) is 2. The van der Waals surface area contributed by atoms with Gasteiger partial charge in [-0.25, -0.2) is 0 Å². The van der Waals surface area contributed by atoms with Crippen LogP contribution in [-0.2, 0) is 0 Å². The van der Waals surface area contributed by atoms with Crippen molar-refractivity contribution < 1.29 is 17.9 Å². The zero-order valence-corrected chi connectivity index (χ0v) is 23.7. The molecule has 0 saturated carbocycles. The topological polar surface area (TPSA) is 48.0 Å². The van der Waals surface area contributed by atoms with Crippen molar-refractivity contribution in [1.29, 1.82) is 0 Å². The van der Waals surface area contributed by atoms with Crippen molar-refractivity contribution in [2.45, 2.75) is 39.8 Å². The fraction of sp³-hybridized carbons (Fsp3) is 0.250. The van der Waals surface area contributed by atoms with Crippen LogP contribution >= 0.6 is 8.16 Å². The van der Waals surface area contributed by atoms with Crippen LogP contribution in [0.1, 0.15) is 48.2 Å². The molecule has 38 heavy (non-hydrogen) atoms. The second-order valence-electron chi connectivity index (χ2n) is 9.66. The predicted octanol–water partition coefficient (Wildman–Crippen LogP) is 9.38. The molecule has 0 amide bonds. The van der Waals surface area contributed by atoms with E-state index in [2.05, 4.69) is 93.0 Å². The normalized spacial score (nSPS) is 13.0. The number of aryl methyl sites for hydroxylation is 2. The summed E-state index contributed by atoms with van der Waals surface area (Å²) in [7, 11) is 1.71. The third-order valence-electron chi connectivity index (χ3n) is 7.01. The van der Waals surface area contributed by atoms with Gasteiger partial charge in [0.2, 0.25) is 0 Å². The first-order valence-corrected chi connectivity index (χ1v) is 14.0. The number of methoxy groups -OCH3 is 2. The number of fused-ring (bicyclic) bond motifs is 3.